The van der Waals surface area contributed by atoms with Gasteiger partial charge in [0.1, 0.15) is 17.6 Å². The second-order valence-corrected chi connectivity index (χ2v) is 10.8. The molecule has 4 N–H and O–H groups in total. The van der Waals surface area contributed by atoms with Gasteiger partial charge in [0.25, 0.3) is 5.91 Å². The number of nitrogens with zero attached hydrogens (tertiary/aromatic N) is 3. The van der Waals surface area contributed by atoms with Crippen LogP contribution >= 0.6 is 0 Å². The first-order valence-corrected chi connectivity index (χ1v) is 13.9. The van der Waals surface area contributed by atoms with Gasteiger partial charge in [-0.05, 0) is 61.4 Å². The fourth-order valence-corrected chi connectivity index (χ4v) is 5.45. The summed E-state index contributed by atoms with van der Waals surface area (Å²) in [7, 11) is -2.78. The average Bonchev–Trinajstić information content (AvgIpc) is 2.95. The van der Waals surface area contributed by atoms with Crippen LogP contribution in [0, 0.1) is 5.82 Å². The largest absolute Gasteiger partial charge is 0.497 e. The van der Waals surface area contributed by atoms with E-state index in [0.29, 0.717) is 30.5 Å². The molecule has 4 rings (SSSR count). The van der Waals surface area contributed by atoms with Gasteiger partial charge in [0.2, 0.25) is 16.0 Å². The molecule has 14 heteroatoms. The average molecular weight is 573 g/mol. The smallest absolute Gasteiger partial charge is 0.323 e. The van der Waals surface area contributed by atoms with Gasteiger partial charge >= 0.3 is 5.97 Å². The lowest BCUT2D eigenvalue weighted by Gasteiger charge is -2.35. The van der Waals surface area contributed by atoms with Gasteiger partial charge in [-0.3, -0.25) is 9.59 Å². The molecule has 2 unspecified atom stereocenters. The predicted octanol–water partition coefficient (Wildman–Crippen LogP) is 1.87. The minimum absolute atomic E-state index is 0.00757. The van der Waals surface area contributed by atoms with E-state index in [1.807, 2.05) is 4.90 Å². The lowest BCUT2D eigenvalue weighted by molar-refractivity contribution is -0.138. The summed E-state index contributed by atoms with van der Waals surface area (Å²) in [4.78, 5) is 34.4. The number of nitrogens with one attached hydrogen (secondary N) is 3. The molecule has 0 spiro atoms. The van der Waals surface area contributed by atoms with E-state index in [-0.39, 0.29) is 16.5 Å². The van der Waals surface area contributed by atoms with Crippen molar-refractivity contribution in [2.24, 2.45) is 0 Å². The van der Waals surface area contributed by atoms with E-state index in [2.05, 4.69) is 25.3 Å². The van der Waals surface area contributed by atoms with Crippen molar-refractivity contribution >= 4 is 33.5 Å². The number of aromatic nitrogens is 2. The van der Waals surface area contributed by atoms with Gasteiger partial charge in [-0.1, -0.05) is 0 Å². The molecule has 1 fully saturated rings. The van der Waals surface area contributed by atoms with E-state index in [4.69, 9.17) is 4.74 Å². The standard InChI is InChI=1S/C26H29FN6O6S/c1-39-19-6-8-20(9-7-19)40(37,38)32-22(25(35)36)15-30-24(34)17-5-10-23(21(27)14-17)33-13-2-4-18(16-33)31-26-28-11-3-12-29-26/h3,5-12,14,18,22,32H,2,4,13,15-16H2,1H3,(H,30,34)(H,35,36)(H,28,29,31). The third-order valence-corrected chi connectivity index (χ3v) is 7.79. The van der Waals surface area contributed by atoms with Crippen LogP contribution in [-0.2, 0) is 14.8 Å². The number of benzene rings is 2. The molecule has 212 valence electrons. The molecular formula is C26H29FN6O6S. The molecule has 2 aromatic carbocycles. The number of ether oxygens (including phenoxy) is 1. The van der Waals surface area contributed by atoms with Crippen molar-refractivity contribution in [2.45, 2.75) is 29.8 Å². The highest BCUT2D eigenvalue weighted by molar-refractivity contribution is 7.89. The van der Waals surface area contributed by atoms with E-state index in [9.17, 15) is 23.1 Å². The van der Waals surface area contributed by atoms with Crippen LogP contribution in [0.25, 0.3) is 0 Å². The summed E-state index contributed by atoms with van der Waals surface area (Å²) in [6.07, 6.45) is 4.95. The molecule has 1 aliphatic rings. The zero-order chi connectivity index (χ0) is 28.7. The lowest BCUT2D eigenvalue weighted by atomic mass is 10.0. The number of hydrogen-bond donors (Lipinski definition) is 4. The molecule has 12 nitrogen and oxygen atoms in total. The highest BCUT2D eigenvalue weighted by Crippen LogP contribution is 2.25. The summed E-state index contributed by atoms with van der Waals surface area (Å²) in [5, 5.41) is 15.1. The summed E-state index contributed by atoms with van der Waals surface area (Å²) < 4.78 is 47.4. The number of anilines is 2. The first-order valence-electron chi connectivity index (χ1n) is 12.4. The van der Waals surface area contributed by atoms with Crippen LogP contribution < -0.4 is 25.0 Å². The quantitative estimate of drug-likeness (QED) is 0.267. The van der Waals surface area contributed by atoms with Crippen LogP contribution in [0.5, 0.6) is 5.75 Å². The molecule has 1 aromatic heterocycles. The van der Waals surface area contributed by atoms with Crippen LogP contribution in [0.15, 0.2) is 65.8 Å². The Morgan fingerprint density at radius 2 is 1.90 bits per heavy atom. The molecule has 1 amide bonds. The second kappa shape index (κ2) is 12.7. The van der Waals surface area contributed by atoms with Gasteiger partial charge in [-0.15, -0.1) is 0 Å². The minimum atomic E-state index is -4.21. The number of carbonyl (C=O) groups excluding carboxylic acids is 1. The van der Waals surface area contributed by atoms with Crippen molar-refractivity contribution in [1.82, 2.24) is 20.0 Å². The Balaban J connectivity index is 1.37. The SMILES string of the molecule is COc1ccc(S(=O)(=O)NC(CNC(=O)c2ccc(N3CCCC(Nc4ncccn4)C3)c(F)c2)C(=O)O)cc1. The van der Waals surface area contributed by atoms with E-state index < -0.39 is 40.3 Å². The summed E-state index contributed by atoms with van der Waals surface area (Å²) in [6, 6.07) is 9.42. The highest BCUT2D eigenvalue weighted by atomic mass is 32.2. The van der Waals surface area contributed by atoms with Crippen molar-refractivity contribution in [3.8, 4) is 5.75 Å². The molecule has 2 atom stereocenters. The number of aliphatic carboxylic acids is 1. The zero-order valence-corrected chi connectivity index (χ0v) is 22.4. The predicted molar refractivity (Wildman–Crippen MR) is 144 cm³/mol. The Labute approximate surface area is 230 Å². The summed E-state index contributed by atoms with van der Waals surface area (Å²) >= 11 is 0. The Hall–Kier alpha value is -4.30. The summed E-state index contributed by atoms with van der Waals surface area (Å²) in [5.74, 6) is -1.93. The number of rotatable bonds is 11. The van der Waals surface area contributed by atoms with Crippen molar-refractivity contribution in [2.75, 3.05) is 37.0 Å². The molecule has 0 bridgehead atoms. The van der Waals surface area contributed by atoms with Crippen LogP contribution in [0.1, 0.15) is 23.2 Å². The van der Waals surface area contributed by atoms with Gasteiger partial charge in [0.05, 0.1) is 17.7 Å². The maximum absolute atomic E-state index is 15.1. The number of carboxylic acid groups (broad SMARTS) is 1. The van der Waals surface area contributed by atoms with E-state index in [1.54, 1.807) is 18.5 Å². The Morgan fingerprint density at radius 1 is 1.18 bits per heavy atom. The van der Waals surface area contributed by atoms with Crippen LogP contribution in [0.4, 0.5) is 16.0 Å². The van der Waals surface area contributed by atoms with Gasteiger partial charge in [0.15, 0.2) is 0 Å². The molecule has 3 aromatic rings. The van der Waals surface area contributed by atoms with Crippen molar-refractivity contribution < 1.29 is 32.2 Å². The van der Waals surface area contributed by atoms with Crippen LogP contribution in [-0.4, -0.2) is 74.2 Å². The maximum Gasteiger partial charge on any atom is 0.323 e. The number of methoxy groups -OCH3 is 1. The Kier molecular flexibility index (Phi) is 9.11. The van der Waals surface area contributed by atoms with Crippen LogP contribution in [0.2, 0.25) is 0 Å². The second-order valence-electron chi connectivity index (χ2n) is 9.07. The van der Waals surface area contributed by atoms with Gasteiger partial charge in [-0.25, -0.2) is 22.8 Å². The molecule has 40 heavy (non-hydrogen) atoms. The Bertz CT molecular complexity index is 1440. The van der Waals surface area contributed by atoms with Crippen molar-refractivity contribution in [3.63, 3.8) is 0 Å². The molecule has 0 radical (unpaired) electrons. The van der Waals surface area contributed by atoms with Crippen molar-refractivity contribution in [1.29, 1.82) is 0 Å². The topological polar surface area (TPSA) is 163 Å². The van der Waals surface area contributed by atoms with Gasteiger partial charge in [0, 0.05) is 43.6 Å². The first kappa shape index (κ1) is 28.7. The van der Waals surface area contributed by atoms with Crippen molar-refractivity contribution in [3.05, 3.63) is 72.3 Å². The van der Waals surface area contributed by atoms with Gasteiger partial charge < -0.3 is 25.4 Å². The Morgan fingerprint density at radius 3 is 2.55 bits per heavy atom. The number of carboxylic acids is 1. The molecule has 0 saturated carbocycles. The van der Waals surface area contributed by atoms with E-state index >= 15 is 4.39 Å². The minimum Gasteiger partial charge on any atom is -0.497 e. The summed E-state index contributed by atoms with van der Waals surface area (Å²) in [5.41, 5.74) is 0.292. The van der Waals surface area contributed by atoms with E-state index in [1.165, 1.54) is 43.5 Å². The zero-order valence-electron chi connectivity index (χ0n) is 21.6. The molecule has 0 aliphatic carbocycles. The number of sulfonamides is 1. The molecule has 1 aliphatic heterocycles. The lowest BCUT2D eigenvalue weighted by Crippen LogP contribution is -2.48. The highest BCUT2D eigenvalue weighted by Gasteiger charge is 2.27. The van der Waals surface area contributed by atoms with Gasteiger partial charge in [-0.2, -0.15) is 4.72 Å². The fourth-order valence-electron chi connectivity index (χ4n) is 4.26. The fraction of sp³-hybridized carbons (Fsp3) is 0.308. The van der Waals surface area contributed by atoms with Crippen LogP contribution in [0.3, 0.4) is 0 Å². The molecule has 2 heterocycles. The third kappa shape index (κ3) is 7.21. The normalized spacial score (nSPS) is 16.1. The van der Waals surface area contributed by atoms with E-state index in [0.717, 1.165) is 18.9 Å². The maximum atomic E-state index is 15.1. The monoisotopic (exact) mass is 572 g/mol. The first-order chi connectivity index (χ1) is 19.2. The number of amides is 1. The number of carbonyl (C=O) groups is 2. The number of hydrogen-bond acceptors (Lipinski definition) is 9. The molecular weight excluding hydrogens is 543 g/mol. The number of piperidine rings is 1. The number of halogens is 1. The summed E-state index contributed by atoms with van der Waals surface area (Å²) in [6.45, 7) is 0.578. The molecule has 1 saturated heterocycles. The third-order valence-electron chi connectivity index (χ3n) is 6.30.